The molecule has 2 rings (SSSR count). The number of hydrogen-bond donors (Lipinski definition) is 1. The lowest BCUT2D eigenvalue weighted by Gasteiger charge is -2.48. The molecule has 0 aliphatic carbocycles. The highest BCUT2D eigenvalue weighted by molar-refractivity contribution is 6.30. The van der Waals surface area contributed by atoms with Crippen molar-refractivity contribution in [2.24, 2.45) is 11.8 Å². The SMILES string of the molecule is CC1CN(C(=O)OC(C)(C)C)CC(C)C1(O)c1ccc(Cl)cc1. The highest BCUT2D eigenvalue weighted by Crippen LogP contribution is 2.41. The largest absolute Gasteiger partial charge is 0.444 e. The second-order valence-corrected chi connectivity index (χ2v) is 7.96. The summed E-state index contributed by atoms with van der Waals surface area (Å²) in [6.07, 6.45) is -0.325. The first kappa shape index (κ1) is 18.1. The number of carbonyl (C=O) groups is 1. The molecule has 0 saturated carbocycles. The van der Waals surface area contributed by atoms with Crippen molar-refractivity contribution in [1.82, 2.24) is 4.90 Å². The van der Waals surface area contributed by atoms with Crippen LogP contribution < -0.4 is 0 Å². The standard InChI is InChI=1S/C18H26ClNO3/c1-12-10-20(16(21)23-17(3,4)5)11-13(2)18(12,22)14-6-8-15(19)9-7-14/h6-9,12-13,22H,10-11H2,1-5H3. The van der Waals surface area contributed by atoms with Gasteiger partial charge in [-0.15, -0.1) is 0 Å². The average Bonchev–Trinajstić information content (AvgIpc) is 2.43. The number of nitrogens with zero attached hydrogens (tertiary/aromatic N) is 1. The molecule has 0 radical (unpaired) electrons. The fourth-order valence-corrected chi connectivity index (χ4v) is 3.39. The van der Waals surface area contributed by atoms with Crippen LogP contribution in [0, 0.1) is 11.8 Å². The van der Waals surface area contributed by atoms with Gasteiger partial charge in [0, 0.05) is 29.9 Å². The minimum atomic E-state index is -0.983. The monoisotopic (exact) mass is 339 g/mol. The second kappa shape index (κ2) is 6.33. The van der Waals surface area contributed by atoms with E-state index in [1.54, 1.807) is 17.0 Å². The maximum atomic E-state index is 12.3. The molecule has 0 aromatic heterocycles. The molecule has 23 heavy (non-hydrogen) atoms. The lowest BCUT2D eigenvalue weighted by molar-refractivity contribution is -0.111. The topological polar surface area (TPSA) is 49.8 Å². The molecule has 1 saturated heterocycles. The third-order valence-corrected chi connectivity index (χ3v) is 4.70. The van der Waals surface area contributed by atoms with Crippen molar-refractivity contribution < 1.29 is 14.6 Å². The molecule has 4 nitrogen and oxygen atoms in total. The number of hydrogen-bond acceptors (Lipinski definition) is 3. The van der Waals surface area contributed by atoms with E-state index in [1.807, 2.05) is 46.8 Å². The van der Waals surface area contributed by atoms with Crippen molar-refractivity contribution in [2.45, 2.75) is 45.8 Å². The Bertz CT molecular complexity index is 553. The number of likely N-dealkylation sites (tertiary alicyclic amines) is 1. The number of piperidine rings is 1. The summed E-state index contributed by atoms with van der Waals surface area (Å²) >= 11 is 5.94. The Morgan fingerprint density at radius 1 is 1.22 bits per heavy atom. The van der Waals surface area contributed by atoms with Gasteiger partial charge in [-0.2, -0.15) is 0 Å². The van der Waals surface area contributed by atoms with E-state index in [2.05, 4.69) is 0 Å². The lowest BCUT2D eigenvalue weighted by atomic mass is 9.71. The summed E-state index contributed by atoms with van der Waals surface area (Å²) in [5.74, 6) is -0.222. The van der Waals surface area contributed by atoms with E-state index in [0.717, 1.165) is 5.56 Å². The van der Waals surface area contributed by atoms with Gasteiger partial charge in [0.25, 0.3) is 0 Å². The first-order valence-corrected chi connectivity index (χ1v) is 8.38. The minimum absolute atomic E-state index is 0.111. The number of ether oxygens (including phenoxy) is 1. The summed E-state index contributed by atoms with van der Waals surface area (Å²) in [5, 5.41) is 11.9. The predicted molar refractivity (Wildman–Crippen MR) is 91.5 cm³/mol. The van der Waals surface area contributed by atoms with Crippen LogP contribution in [-0.2, 0) is 10.3 Å². The van der Waals surface area contributed by atoms with Crippen LogP contribution in [0.1, 0.15) is 40.2 Å². The van der Waals surface area contributed by atoms with Crippen molar-refractivity contribution in [1.29, 1.82) is 0 Å². The molecule has 0 spiro atoms. The molecule has 128 valence electrons. The fourth-order valence-electron chi connectivity index (χ4n) is 3.26. The Balaban J connectivity index is 2.19. The van der Waals surface area contributed by atoms with E-state index in [4.69, 9.17) is 16.3 Å². The van der Waals surface area contributed by atoms with Crippen molar-refractivity contribution in [3.63, 3.8) is 0 Å². The van der Waals surface area contributed by atoms with Gasteiger partial charge < -0.3 is 14.7 Å². The van der Waals surface area contributed by atoms with E-state index >= 15 is 0 Å². The highest BCUT2D eigenvalue weighted by atomic mass is 35.5. The first-order chi connectivity index (χ1) is 10.5. The number of carbonyl (C=O) groups excluding carboxylic acids is 1. The van der Waals surface area contributed by atoms with E-state index in [9.17, 15) is 9.90 Å². The molecular weight excluding hydrogens is 314 g/mol. The normalized spacial score (nSPS) is 28.6. The third kappa shape index (κ3) is 3.81. The molecule has 1 aromatic carbocycles. The Morgan fingerprint density at radius 2 is 1.70 bits per heavy atom. The summed E-state index contributed by atoms with van der Waals surface area (Å²) in [4.78, 5) is 14.0. The van der Waals surface area contributed by atoms with Gasteiger partial charge in [0.05, 0.1) is 5.60 Å². The Labute approximate surface area is 143 Å². The van der Waals surface area contributed by atoms with Crippen molar-refractivity contribution in [3.8, 4) is 0 Å². The maximum absolute atomic E-state index is 12.3. The highest BCUT2D eigenvalue weighted by Gasteiger charge is 2.47. The van der Waals surface area contributed by atoms with Crippen molar-refractivity contribution in [2.75, 3.05) is 13.1 Å². The zero-order chi connectivity index (χ0) is 17.4. The van der Waals surface area contributed by atoms with E-state index in [1.165, 1.54) is 0 Å². The number of rotatable bonds is 1. The minimum Gasteiger partial charge on any atom is -0.444 e. The molecular formula is C18H26ClNO3. The Morgan fingerprint density at radius 3 is 2.13 bits per heavy atom. The molecule has 1 heterocycles. The molecule has 5 heteroatoms. The van der Waals surface area contributed by atoms with Crippen LogP contribution >= 0.6 is 11.6 Å². The summed E-state index contributed by atoms with van der Waals surface area (Å²) in [6, 6.07) is 7.29. The quantitative estimate of drug-likeness (QED) is 0.839. The van der Waals surface area contributed by atoms with Crippen LogP contribution in [0.3, 0.4) is 0 Å². The fraction of sp³-hybridized carbons (Fsp3) is 0.611. The van der Waals surface area contributed by atoms with Gasteiger partial charge in [-0.3, -0.25) is 0 Å². The van der Waals surface area contributed by atoms with Gasteiger partial charge in [0.15, 0.2) is 0 Å². The Kier molecular flexibility index (Phi) is 4.97. The molecule has 1 aromatic rings. The molecule has 2 unspecified atom stereocenters. The number of amides is 1. The van der Waals surface area contributed by atoms with Crippen LogP contribution in [0.25, 0.3) is 0 Å². The molecule has 1 amide bonds. The summed E-state index contributed by atoms with van der Waals surface area (Å²) in [6.45, 7) is 10.4. The molecule has 1 aliphatic heterocycles. The van der Waals surface area contributed by atoms with E-state index in [0.29, 0.717) is 18.1 Å². The molecule has 1 aliphatic rings. The van der Waals surface area contributed by atoms with Gasteiger partial charge in [0.2, 0.25) is 0 Å². The van der Waals surface area contributed by atoms with Crippen molar-refractivity contribution in [3.05, 3.63) is 34.9 Å². The zero-order valence-electron chi connectivity index (χ0n) is 14.5. The van der Waals surface area contributed by atoms with Crippen molar-refractivity contribution >= 4 is 17.7 Å². The molecule has 2 atom stereocenters. The zero-order valence-corrected chi connectivity index (χ0v) is 15.2. The molecule has 1 fully saturated rings. The second-order valence-electron chi connectivity index (χ2n) is 7.52. The summed E-state index contributed by atoms with van der Waals surface area (Å²) in [5.41, 5.74) is -0.665. The van der Waals surface area contributed by atoms with Gasteiger partial charge >= 0.3 is 6.09 Å². The van der Waals surface area contributed by atoms with Gasteiger partial charge in [-0.05, 0) is 38.5 Å². The van der Waals surface area contributed by atoms with E-state index < -0.39 is 11.2 Å². The number of halogens is 1. The Hall–Kier alpha value is -1.26. The maximum Gasteiger partial charge on any atom is 0.410 e. The predicted octanol–water partition coefficient (Wildman–Crippen LogP) is 4.05. The number of aliphatic hydroxyl groups is 1. The van der Waals surface area contributed by atoms with Crippen LogP contribution in [0.2, 0.25) is 5.02 Å². The van der Waals surface area contributed by atoms with Gasteiger partial charge in [0.1, 0.15) is 5.60 Å². The molecule has 1 N–H and O–H groups in total. The van der Waals surface area contributed by atoms with E-state index in [-0.39, 0.29) is 17.9 Å². The van der Waals surface area contributed by atoms with Crippen LogP contribution in [0.5, 0.6) is 0 Å². The van der Waals surface area contributed by atoms with Crippen LogP contribution in [0.15, 0.2) is 24.3 Å². The third-order valence-electron chi connectivity index (χ3n) is 4.45. The van der Waals surface area contributed by atoms with Gasteiger partial charge in [-0.25, -0.2) is 4.79 Å². The molecule has 0 bridgehead atoms. The summed E-state index contributed by atoms with van der Waals surface area (Å²) < 4.78 is 5.45. The van der Waals surface area contributed by atoms with Crippen LogP contribution in [-0.4, -0.2) is 34.8 Å². The lowest BCUT2D eigenvalue weighted by Crippen LogP contribution is -2.56. The van der Waals surface area contributed by atoms with Crippen LogP contribution in [0.4, 0.5) is 4.79 Å². The summed E-state index contributed by atoms with van der Waals surface area (Å²) in [7, 11) is 0. The smallest absolute Gasteiger partial charge is 0.410 e. The van der Waals surface area contributed by atoms with Gasteiger partial charge in [-0.1, -0.05) is 37.6 Å². The number of benzene rings is 1. The first-order valence-electron chi connectivity index (χ1n) is 8.00. The average molecular weight is 340 g/mol.